The monoisotopic (exact) mass is 349 g/mol. The average Bonchev–Trinajstić information content (AvgIpc) is 2.92. The predicted octanol–water partition coefficient (Wildman–Crippen LogP) is 2.48. The lowest BCUT2D eigenvalue weighted by molar-refractivity contribution is -0.153. The van der Waals surface area contributed by atoms with Gasteiger partial charge in [0.05, 0.1) is 24.6 Å². The van der Waals surface area contributed by atoms with Gasteiger partial charge in [-0.15, -0.1) is 0 Å². The number of hydrogen-bond donors (Lipinski definition) is 0. The summed E-state index contributed by atoms with van der Waals surface area (Å²) >= 11 is 0. The number of ether oxygens (including phenoxy) is 1. The van der Waals surface area contributed by atoms with Crippen LogP contribution in [0.4, 0.5) is 5.69 Å². The molecule has 2 aromatic rings. The maximum atomic E-state index is 13.3. The van der Waals surface area contributed by atoms with Crippen LogP contribution in [0.25, 0.3) is 0 Å². The molecule has 0 bridgehead atoms. The van der Waals surface area contributed by atoms with Gasteiger partial charge in [-0.25, -0.2) is 0 Å². The molecule has 26 heavy (non-hydrogen) atoms. The fourth-order valence-electron chi connectivity index (χ4n) is 4.47. The molecule has 5 heteroatoms. The van der Waals surface area contributed by atoms with Crippen molar-refractivity contribution in [1.82, 2.24) is 0 Å². The Morgan fingerprint density at radius 3 is 2.38 bits per heavy atom. The Kier molecular flexibility index (Phi) is 3.68. The first-order chi connectivity index (χ1) is 12.5. The number of fused-ring (bicyclic) bond motifs is 2. The summed E-state index contributed by atoms with van der Waals surface area (Å²) in [6.07, 6.45) is 0.446. The Bertz CT molecular complexity index is 907. The molecule has 132 valence electrons. The van der Waals surface area contributed by atoms with Gasteiger partial charge in [-0.05, 0) is 36.6 Å². The summed E-state index contributed by atoms with van der Waals surface area (Å²) in [5.41, 5.74) is 1.03. The zero-order valence-electron chi connectivity index (χ0n) is 14.6. The number of carbonyl (C=O) groups is 3. The van der Waals surface area contributed by atoms with E-state index in [0.29, 0.717) is 12.1 Å². The highest BCUT2D eigenvalue weighted by Crippen LogP contribution is 2.50. The first-order valence-electron chi connectivity index (χ1n) is 8.59. The second-order valence-electron chi connectivity index (χ2n) is 6.99. The summed E-state index contributed by atoms with van der Waals surface area (Å²) in [5.74, 6) is -2.42. The van der Waals surface area contributed by atoms with E-state index in [2.05, 4.69) is 0 Å². The number of nitrogens with zero attached hydrogens (tertiary/aromatic N) is 1. The number of carbonyl (C=O) groups excluding carboxylic acids is 3. The van der Waals surface area contributed by atoms with Gasteiger partial charge < -0.3 is 4.74 Å². The van der Waals surface area contributed by atoms with Gasteiger partial charge in [0.15, 0.2) is 0 Å². The Morgan fingerprint density at radius 2 is 1.69 bits per heavy atom. The largest absolute Gasteiger partial charge is 0.468 e. The summed E-state index contributed by atoms with van der Waals surface area (Å²) in [6, 6.07) is 16.4. The van der Waals surface area contributed by atoms with Crippen molar-refractivity contribution < 1.29 is 19.1 Å². The van der Waals surface area contributed by atoms with Crippen LogP contribution in [0.5, 0.6) is 0 Å². The van der Waals surface area contributed by atoms with Crippen LogP contribution >= 0.6 is 0 Å². The minimum absolute atomic E-state index is 0.254. The number of anilines is 1. The lowest BCUT2D eigenvalue weighted by Gasteiger charge is -2.39. The molecule has 2 amide bonds. The van der Waals surface area contributed by atoms with Crippen molar-refractivity contribution in [3.05, 3.63) is 65.7 Å². The number of hydrogen-bond acceptors (Lipinski definition) is 4. The van der Waals surface area contributed by atoms with E-state index in [1.807, 2.05) is 30.3 Å². The van der Waals surface area contributed by atoms with E-state index in [1.165, 1.54) is 12.0 Å². The molecule has 4 rings (SSSR count). The van der Waals surface area contributed by atoms with Gasteiger partial charge in [0.25, 0.3) is 0 Å². The van der Waals surface area contributed by atoms with Crippen LogP contribution in [0.15, 0.2) is 54.6 Å². The maximum absolute atomic E-state index is 13.3. The van der Waals surface area contributed by atoms with Crippen molar-refractivity contribution in [3.63, 3.8) is 0 Å². The van der Waals surface area contributed by atoms with E-state index in [9.17, 15) is 14.4 Å². The molecule has 1 fully saturated rings. The van der Waals surface area contributed by atoms with Crippen LogP contribution in [0.2, 0.25) is 0 Å². The number of methoxy groups -OCH3 is 1. The Morgan fingerprint density at radius 1 is 1.04 bits per heavy atom. The van der Waals surface area contributed by atoms with Gasteiger partial charge in [0.2, 0.25) is 11.8 Å². The molecule has 0 aromatic heterocycles. The van der Waals surface area contributed by atoms with Crippen molar-refractivity contribution in [1.29, 1.82) is 0 Å². The molecule has 1 saturated heterocycles. The molecule has 1 aliphatic carbocycles. The van der Waals surface area contributed by atoms with E-state index in [1.54, 1.807) is 31.2 Å². The number of esters is 1. The quantitative estimate of drug-likeness (QED) is 0.617. The van der Waals surface area contributed by atoms with Crippen molar-refractivity contribution in [2.75, 3.05) is 12.0 Å². The molecular weight excluding hydrogens is 330 g/mol. The van der Waals surface area contributed by atoms with E-state index >= 15 is 0 Å². The van der Waals surface area contributed by atoms with Crippen molar-refractivity contribution in [2.45, 2.75) is 18.8 Å². The fourth-order valence-corrected chi connectivity index (χ4v) is 4.47. The highest BCUT2D eigenvalue weighted by Gasteiger charge is 2.62. The molecule has 0 saturated carbocycles. The summed E-state index contributed by atoms with van der Waals surface area (Å²) in [7, 11) is 1.32. The highest BCUT2D eigenvalue weighted by atomic mass is 16.5. The smallest absolute Gasteiger partial charge is 0.316 e. The molecule has 5 nitrogen and oxygen atoms in total. The molecular formula is C21H19NO4. The zero-order chi connectivity index (χ0) is 18.5. The standard InChI is InChI=1S/C21H19NO4/c1-21(20(25)26-2)16-11-7-6-8-13(16)12-15-17(21)19(24)22(18(15)23)14-9-4-3-5-10-14/h3-11,15,17H,12H2,1-2H3/t15-,17+,21-/m1/s1. The maximum Gasteiger partial charge on any atom is 0.316 e. The second-order valence-corrected chi connectivity index (χ2v) is 6.99. The topological polar surface area (TPSA) is 63.7 Å². The van der Waals surface area contributed by atoms with Gasteiger partial charge >= 0.3 is 5.97 Å². The first-order valence-corrected chi connectivity index (χ1v) is 8.59. The lowest BCUT2D eigenvalue weighted by atomic mass is 9.60. The van der Waals surface area contributed by atoms with Crippen LogP contribution in [0.3, 0.4) is 0 Å². The zero-order valence-corrected chi connectivity index (χ0v) is 14.6. The fraction of sp³-hybridized carbons (Fsp3) is 0.286. The van der Waals surface area contributed by atoms with Crippen LogP contribution in [-0.2, 0) is 31.0 Å². The molecule has 3 atom stereocenters. The van der Waals surface area contributed by atoms with Crippen LogP contribution in [-0.4, -0.2) is 24.9 Å². The second kappa shape index (κ2) is 5.80. The molecule has 0 unspecified atom stereocenters. The van der Waals surface area contributed by atoms with Gasteiger partial charge in [-0.1, -0.05) is 42.5 Å². The van der Waals surface area contributed by atoms with Gasteiger partial charge in [0, 0.05) is 0 Å². The third kappa shape index (κ3) is 2.06. The van der Waals surface area contributed by atoms with Crippen molar-refractivity contribution in [3.8, 4) is 0 Å². The number of para-hydroxylation sites is 1. The Hall–Kier alpha value is -2.95. The minimum atomic E-state index is -1.19. The molecule has 1 heterocycles. The highest BCUT2D eigenvalue weighted by molar-refractivity contribution is 6.23. The van der Waals surface area contributed by atoms with E-state index < -0.39 is 23.2 Å². The number of benzene rings is 2. The molecule has 2 aliphatic rings. The van der Waals surface area contributed by atoms with E-state index in [0.717, 1.165) is 11.1 Å². The summed E-state index contributed by atoms with van der Waals surface area (Å²) < 4.78 is 5.06. The van der Waals surface area contributed by atoms with Crippen LogP contribution in [0, 0.1) is 11.8 Å². The predicted molar refractivity (Wildman–Crippen MR) is 95.4 cm³/mol. The molecule has 1 aliphatic heterocycles. The lowest BCUT2D eigenvalue weighted by Crippen LogP contribution is -2.50. The first kappa shape index (κ1) is 16.5. The minimum Gasteiger partial charge on any atom is -0.468 e. The molecule has 2 aromatic carbocycles. The summed E-state index contributed by atoms with van der Waals surface area (Å²) in [6.45, 7) is 1.72. The van der Waals surface area contributed by atoms with Gasteiger partial charge in [-0.2, -0.15) is 0 Å². The normalized spacial score (nSPS) is 27.1. The van der Waals surface area contributed by atoms with Gasteiger partial charge in [-0.3, -0.25) is 19.3 Å². The number of imide groups is 1. The van der Waals surface area contributed by atoms with Crippen LogP contribution in [0.1, 0.15) is 18.1 Å². The Labute approximate surface area is 151 Å². The van der Waals surface area contributed by atoms with Crippen molar-refractivity contribution in [2.24, 2.45) is 11.8 Å². The van der Waals surface area contributed by atoms with Crippen molar-refractivity contribution >= 4 is 23.5 Å². The summed E-state index contributed by atoms with van der Waals surface area (Å²) in [4.78, 5) is 40.4. The number of rotatable bonds is 2. The number of amides is 2. The van der Waals surface area contributed by atoms with E-state index in [-0.39, 0.29) is 11.8 Å². The molecule has 0 N–H and O–H groups in total. The van der Waals surface area contributed by atoms with Crippen LogP contribution < -0.4 is 4.90 Å². The molecule has 0 radical (unpaired) electrons. The van der Waals surface area contributed by atoms with Gasteiger partial charge in [0.1, 0.15) is 5.41 Å². The SMILES string of the molecule is COC(=O)[C@]1(C)c2ccccc2C[C@H]2C(=O)N(c3ccccc3)C(=O)[C@H]21. The third-order valence-corrected chi connectivity index (χ3v) is 5.69. The average molecular weight is 349 g/mol. The summed E-state index contributed by atoms with van der Waals surface area (Å²) in [5, 5.41) is 0. The third-order valence-electron chi connectivity index (χ3n) is 5.69. The van der Waals surface area contributed by atoms with E-state index in [4.69, 9.17) is 4.74 Å². The Balaban J connectivity index is 1.89. The molecule has 0 spiro atoms.